The molecule has 0 radical (unpaired) electrons. The van der Waals surface area contributed by atoms with Gasteiger partial charge in [0, 0.05) is 18.4 Å². The number of aromatic nitrogens is 2. The predicted octanol–water partition coefficient (Wildman–Crippen LogP) is 2.63. The Morgan fingerprint density at radius 1 is 1.38 bits per heavy atom. The van der Waals surface area contributed by atoms with Crippen LogP contribution < -0.4 is 5.32 Å². The number of carbonyl (C=O) groups excluding carboxylic acids is 1. The molecule has 7 heteroatoms. The minimum absolute atomic E-state index is 0.0893. The number of carboxylic acid groups (broad SMARTS) is 1. The van der Waals surface area contributed by atoms with Gasteiger partial charge in [0.05, 0.1) is 11.2 Å². The van der Waals surface area contributed by atoms with Crippen LogP contribution in [-0.2, 0) is 4.79 Å². The van der Waals surface area contributed by atoms with Gasteiger partial charge in [0.25, 0.3) is 5.91 Å². The molecule has 1 unspecified atom stereocenters. The first kappa shape index (κ1) is 17.4. The first-order chi connectivity index (χ1) is 9.81. The zero-order valence-electron chi connectivity index (χ0n) is 12.4. The Hall–Kier alpha value is -1.69. The number of aliphatic carboxylic acids is 1. The van der Waals surface area contributed by atoms with E-state index in [0.29, 0.717) is 18.7 Å². The van der Waals surface area contributed by atoms with Gasteiger partial charge in [0.2, 0.25) is 0 Å². The van der Waals surface area contributed by atoms with Crippen molar-refractivity contribution in [1.82, 2.24) is 15.3 Å². The molecule has 0 aromatic carbocycles. The second-order valence-electron chi connectivity index (χ2n) is 5.24. The summed E-state index contributed by atoms with van der Waals surface area (Å²) in [6.45, 7) is 5.68. The molecule has 0 aliphatic carbocycles. The average molecular weight is 314 g/mol. The van der Waals surface area contributed by atoms with Crippen molar-refractivity contribution < 1.29 is 14.7 Å². The second-order valence-corrected chi connectivity index (χ2v) is 5.65. The number of hydrogen-bond donors (Lipinski definition) is 2. The molecule has 0 fully saturated rings. The van der Waals surface area contributed by atoms with Gasteiger partial charge in [0.15, 0.2) is 0 Å². The highest BCUT2D eigenvalue weighted by Crippen LogP contribution is 2.16. The summed E-state index contributed by atoms with van der Waals surface area (Å²) in [5.74, 6) is -0.550. The van der Waals surface area contributed by atoms with Gasteiger partial charge in [-0.1, -0.05) is 25.4 Å². The van der Waals surface area contributed by atoms with Gasteiger partial charge in [-0.2, -0.15) is 0 Å². The molecule has 116 valence electrons. The van der Waals surface area contributed by atoms with Crippen molar-refractivity contribution in [3.63, 3.8) is 0 Å². The molecule has 1 rings (SSSR count). The Morgan fingerprint density at radius 3 is 2.62 bits per heavy atom. The van der Waals surface area contributed by atoms with Crippen molar-refractivity contribution in [1.29, 1.82) is 0 Å². The van der Waals surface area contributed by atoms with Crippen molar-refractivity contribution in [2.45, 2.75) is 52.0 Å². The van der Waals surface area contributed by atoms with Crippen molar-refractivity contribution in [2.75, 3.05) is 0 Å². The molecular weight excluding hydrogens is 294 g/mol. The van der Waals surface area contributed by atoms with Crippen LogP contribution in [0.2, 0.25) is 5.02 Å². The number of carboxylic acids is 1. The number of hydrogen-bond acceptors (Lipinski definition) is 4. The molecule has 1 aromatic heterocycles. The van der Waals surface area contributed by atoms with Gasteiger partial charge >= 0.3 is 5.97 Å². The molecule has 0 aliphatic heterocycles. The molecule has 0 bridgehead atoms. The van der Waals surface area contributed by atoms with Crippen LogP contribution >= 0.6 is 11.6 Å². The molecule has 2 N–H and O–H groups in total. The van der Waals surface area contributed by atoms with Gasteiger partial charge in [-0.15, -0.1) is 0 Å². The lowest BCUT2D eigenvalue weighted by atomic mass is 10.1. The fraction of sp³-hybridized carbons (Fsp3) is 0.571. The lowest BCUT2D eigenvalue weighted by Gasteiger charge is -2.14. The summed E-state index contributed by atoms with van der Waals surface area (Å²) in [6.07, 6.45) is 2.60. The number of nitrogens with zero attached hydrogens (tertiary/aromatic N) is 2. The predicted molar refractivity (Wildman–Crippen MR) is 79.5 cm³/mol. The van der Waals surface area contributed by atoms with E-state index in [9.17, 15) is 9.59 Å². The maximum absolute atomic E-state index is 12.1. The summed E-state index contributed by atoms with van der Waals surface area (Å²) in [5, 5.41) is 11.6. The molecule has 0 saturated heterocycles. The van der Waals surface area contributed by atoms with Crippen LogP contribution in [0.5, 0.6) is 0 Å². The van der Waals surface area contributed by atoms with Gasteiger partial charge in [-0.05, 0) is 19.8 Å². The summed E-state index contributed by atoms with van der Waals surface area (Å²) in [4.78, 5) is 30.9. The smallest absolute Gasteiger partial charge is 0.303 e. The molecule has 0 aliphatic rings. The summed E-state index contributed by atoms with van der Waals surface area (Å²) in [7, 11) is 0. The van der Waals surface area contributed by atoms with Crippen molar-refractivity contribution >= 4 is 23.5 Å². The minimum Gasteiger partial charge on any atom is -0.481 e. The average Bonchev–Trinajstić information content (AvgIpc) is 2.38. The SMILES string of the molecule is CC(CCCC(=O)O)NC(=O)c1nc(C(C)C)ncc1Cl. The highest BCUT2D eigenvalue weighted by molar-refractivity contribution is 6.33. The molecule has 0 saturated carbocycles. The van der Waals surface area contributed by atoms with E-state index in [2.05, 4.69) is 15.3 Å². The van der Waals surface area contributed by atoms with Crippen LogP contribution in [0.15, 0.2) is 6.20 Å². The van der Waals surface area contributed by atoms with Gasteiger partial charge < -0.3 is 10.4 Å². The minimum atomic E-state index is -0.839. The highest BCUT2D eigenvalue weighted by atomic mass is 35.5. The Morgan fingerprint density at radius 2 is 2.05 bits per heavy atom. The molecule has 6 nitrogen and oxygen atoms in total. The summed E-state index contributed by atoms with van der Waals surface area (Å²) in [6, 6.07) is -0.148. The van der Waals surface area contributed by atoms with Gasteiger partial charge in [-0.25, -0.2) is 9.97 Å². The number of rotatable bonds is 7. The van der Waals surface area contributed by atoms with Crippen LogP contribution in [-0.4, -0.2) is 33.0 Å². The summed E-state index contributed by atoms with van der Waals surface area (Å²) >= 11 is 5.96. The van der Waals surface area contributed by atoms with Crippen LogP contribution in [0.1, 0.15) is 62.3 Å². The Bertz CT molecular complexity index is 520. The Labute approximate surface area is 128 Å². The first-order valence-corrected chi connectivity index (χ1v) is 7.24. The third-order valence-corrected chi connectivity index (χ3v) is 3.18. The number of carbonyl (C=O) groups is 2. The van der Waals surface area contributed by atoms with E-state index < -0.39 is 5.97 Å². The lowest BCUT2D eigenvalue weighted by Crippen LogP contribution is -2.33. The fourth-order valence-corrected chi connectivity index (χ4v) is 1.92. The van der Waals surface area contributed by atoms with Crippen LogP contribution in [0.3, 0.4) is 0 Å². The van der Waals surface area contributed by atoms with E-state index in [1.165, 1.54) is 6.20 Å². The van der Waals surface area contributed by atoms with Crippen LogP contribution in [0.25, 0.3) is 0 Å². The molecule has 1 heterocycles. The Balaban J connectivity index is 2.66. The maximum Gasteiger partial charge on any atom is 0.303 e. The van der Waals surface area contributed by atoms with E-state index in [0.717, 1.165) is 0 Å². The van der Waals surface area contributed by atoms with Crippen molar-refractivity contribution in [2.24, 2.45) is 0 Å². The summed E-state index contributed by atoms with van der Waals surface area (Å²) < 4.78 is 0. The lowest BCUT2D eigenvalue weighted by molar-refractivity contribution is -0.137. The zero-order valence-corrected chi connectivity index (χ0v) is 13.1. The van der Waals surface area contributed by atoms with Gasteiger partial charge in [-0.3, -0.25) is 9.59 Å². The number of amides is 1. The maximum atomic E-state index is 12.1. The number of halogens is 1. The summed E-state index contributed by atoms with van der Waals surface area (Å²) in [5.41, 5.74) is 0.153. The van der Waals surface area contributed by atoms with Crippen LogP contribution in [0, 0.1) is 0 Å². The third kappa shape index (κ3) is 5.67. The monoisotopic (exact) mass is 313 g/mol. The standard InChI is InChI=1S/C14H20ClN3O3/c1-8(2)13-16-7-10(15)12(18-13)14(21)17-9(3)5-4-6-11(19)20/h7-9H,4-6H2,1-3H3,(H,17,21)(H,19,20). The number of nitrogens with one attached hydrogen (secondary N) is 1. The molecule has 21 heavy (non-hydrogen) atoms. The van der Waals surface area contributed by atoms with E-state index in [-0.39, 0.29) is 35.0 Å². The molecular formula is C14H20ClN3O3. The van der Waals surface area contributed by atoms with Crippen molar-refractivity contribution in [3.8, 4) is 0 Å². The molecule has 1 amide bonds. The van der Waals surface area contributed by atoms with Crippen molar-refractivity contribution in [3.05, 3.63) is 22.7 Å². The fourth-order valence-electron chi connectivity index (χ4n) is 1.74. The second kappa shape index (κ2) is 7.93. The topological polar surface area (TPSA) is 92.2 Å². The molecule has 1 aromatic rings. The van der Waals surface area contributed by atoms with E-state index >= 15 is 0 Å². The third-order valence-electron chi connectivity index (χ3n) is 2.90. The van der Waals surface area contributed by atoms with Gasteiger partial charge in [0.1, 0.15) is 11.5 Å². The molecule has 1 atom stereocenters. The zero-order chi connectivity index (χ0) is 16.0. The first-order valence-electron chi connectivity index (χ1n) is 6.86. The normalized spacial score (nSPS) is 12.2. The van der Waals surface area contributed by atoms with E-state index in [4.69, 9.17) is 16.7 Å². The van der Waals surface area contributed by atoms with E-state index in [1.807, 2.05) is 20.8 Å². The quantitative estimate of drug-likeness (QED) is 0.807. The molecule has 0 spiro atoms. The highest BCUT2D eigenvalue weighted by Gasteiger charge is 2.17. The Kier molecular flexibility index (Phi) is 6.55. The van der Waals surface area contributed by atoms with Crippen LogP contribution in [0.4, 0.5) is 0 Å². The largest absolute Gasteiger partial charge is 0.481 e. The van der Waals surface area contributed by atoms with E-state index in [1.54, 1.807) is 0 Å².